The molecule has 5 nitrogen and oxygen atoms in total. The molecule has 152 valence electrons. The number of carbonyl (C=O) groups excluding carboxylic acids is 2. The van der Waals surface area contributed by atoms with Crippen molar-refractivity contribution >= 4 is 23.4 Å². The van der Waals surface area contributed by atoms with Gasteiger partial charge in [-0.05, 0) is 61.1 Å². The van der Waals surface area contributed by atoms with E-state index in [0.29, 0.717) is 34.9 Å². The van der Waals surface area contributed by atoms with Crippen molar-refractivity contribution in [2.45, 2.75) is 32.2 Å². The number of hydrogen-bond donors (Lipinski definition) is 1. The second kappa shape index (κ2) is 7.67. The molecule has 1 atom stereocenters. The highest BCUT2D eigenvalue weighted by Gasteiger charge is 2.35. The van der Waals surface area contributed by atoms with Gasteiger partial charge in [0, 0.05) is 13.6 Å². The molecule has 1 unspecified atom stereocenters. The summed E-state index contributed by atoms with van der Waals surface area (Å²) in [7, 11) is 1.46. The first-order chi connectivity index (χ1) is 13.9. The molecule has 1 N–H and O–H groups in total. The van der Waals surface area contributed by atoms with E-state index >= 15 is 0 Å². The molecule has 0 spiro atoms. The number of nitrogens with zero attached hydrogens (tertiary/aromatic N) is 1. The van der Waals surface area contributed by atoms with Crippen molar-refractivity contribution in [1.29, 1.82) is 0 Å². The van der Waals surface area contributed by atoms with Crippen LogP contribution in [0.25, 0.3) is 0 Å². The summed E-state index contributed by atoms with van der Waals surface area (Å²) in [5, 5.41) is 2.84. The Morgan fingerprint density at radius 1 is 1.38 bits per heavy atom. The van der Waals surface area contributed by atoms with Gasteiger partial charge in [-0.25, -0.2) is 4.39 Å². The fraction of sp³-hybridized carbons (Fsp3) is 0.364. The number of carbonyl (C=O) groups is 2. The SMILES string of the molecule is CNC(=O)c1ccc(Cc2cc3c(c(Cl)c2C)OCC2CCCN2C3=O)cc1F. The Labute approximate surface area is 173 Å². The van der Waals surface area contributed by atoms with Gasteiger partial charge in [-0.15, -0.1) is 0 Å². The monoisotopic (exact) mass is 416 g/mol. The molecule has 0 radical (unpaired) electrons. The third-order valence-electron chi connectivity index (χ3n) is 5.76. The maximum atomic E-state index is 14.3. The van der Waals surface area contributed by atoms with E-state index in [4.69, 9.17) is 16.3 Å². The van der Waals surface area contributed by atoms with E-state index in [1.807, 2.05) is 17.9 Å². The molecule has 2 aromatic carbocycles. The number of fused-ring (bicyclic) bond motifs is 2. The van der Waals surface area contributed by atoms with Gasteiger partial charge in [0.15, 0.2) is 5.75 Å². The molecule has 7 heteroatoms. The highest BCUT2D eigenvalue weighted by molar-refractivity contribution is 6.33. The smallest absolute Gasteiger partial charge is 0.258 e. The number of ether oxygens (including phenoxy) is 1. The van der Waals surface area contributed by atoms with Gasteiger partial charge >= 0.3 is 0 Å². The Hall–Kier alpha value is -2.60. The van der Waals surface area contributed by atoms with Crippen LogP contribution in [0.15, 0.2) is 24.3 Å². The Kier molecular flexibility index (Phi) is 5.21. The van der Waals surface area contributed by atoms with Crippen LogP contribution in [-0.2, 0) is 6.42 Å². The first-order valence-corrected chi connectivity index (χ1v) is 10.0. The predicted octanol–water partition coefficient (Wildman–Crippen LogP) is 3.73. The minimum atomic E-state index is -0.584. The Bertz CT molecular complexity index is 1010. The zero-order chi connectivity index (χ0) is 20.7. The van der Waals surface area contributed by atoms with Crippen molar-refractivity contribution in [3.05, 3.63) is 62.9 Å². The summed E-state index contributed by atoms with van der Waals surface area (Å²) in [6, 6.07) is 6.41. The molecule has 1 saturated heterocycles. The molecular weight excluding hydrogens is 395 g/mol. The lowest BCUT2D eigenvalue weighted by atomic mass is 9.96. The molecule has 0 bridgehead atoms. The van der Waals surface area contributed by atoms with Crippen LogP contribution in [0, 0.1) is 12.7 Å². The molecule has 2 aromatic rings. The van der Waals surface area contributed by atoms with Gasteiger partial charge in [-0.3, -0.25) is 9.59 Å². The molecule has 29 heavy (non-hydrogen) atoms. The van der Waals surface area contributed by atoms with Gasteiger partial charge in [0.25, 0.3) is 11.8 Å². The molecule has 2 heterocycles. The minimum absolute atomic E-state index is 0.00316. The normalized spacial score (nSPS) is 18.0. The van der Waals surface area contributed by atoms with Crippen molar-refractivity contribution in [1.82, 2.24) is 10.2 Å². The van der Waals surface area contributed by atoms with Crippen LogP contribution in [0.3, 0.4) is 0 Å². The first-order valence-electron chi connectivity index (χ1n) is 9.67. The predicted molar refractivity (Wildman–Crippen MR) is 108 cm³/mol. The van der Waals surface area contributed by atoms with Gasteiger partial charge in [-0.2, -0.15) is 0 Å². The summed E-state index contributed by atoms with van der Waals surface area (Å²) < 4.78 is 20.3. The van der Waals surface area contributed by atoms with Crippen LogP contribution in [0.2, 0.25) is 5.02 Å². The number of nitrogens with one attached hydrogen (secondary N) is 1. The number of hydrogen-bond acceptors (Lipinski definition) is 3. The summed E-state index contributed by atoms with van der Waals surface area (Å²) in [5.74, 6) is -0.682. The van der Waals surface area contributed by atoms with Crippen LogP contribution in [0.5, 0.6) is 5.75 Å². The van der Waals surface area contributed by atoms with E-state index in [-0.39, 0.29) is 17.5 Å². The second-order valence-electron chi connectivity index (χ2n) is 7.53. The Morgan fingerprint density at radius 2 is 2.17 bits per heavy atom. The highest BCUT2D eigenvalue weighted by atomic mass is 35.5. The van der Waals surface area contributed by atoms with E-state index in [2.05, 4.69) is 5.32 Å². The van der Waals surface area contributed by atoms with E-state index in [9.17, 15) is 14.0 Å². The zero-order valence-electron chi connectivity index (χ0n) is 16.4. The Morgan fingerprint density at radius 3 is 2.90 bits per heavy atom. The van der Waals surface area contributed by atoms with Crippen LogP contribution in [-0.4, -0.2) is 43.0 Å². The van der Waals surface area contributed by atoms with Crippen molar-refractivity contribution in [3.8, 4) is 5.75 Å². The molecule has 4 rings (SSSR count). The van der Waals surface area contributed by atoms with Crippen LogP contribution in [0.4, 0.5) is 4.39 Å². The number of rotatable bonds is 3. The average molecular weight is 417 g/mol. The fourth-order valence-electron chi connectivity index (χ4n) is 4.08. The summed E-state index contributed by atoms with van der Waals surface area (Å²) in [4.78, 5) is 26.6. The van der Waals surface area contributed by atoms with Crippen molar-refractivity contribution in [2.75, 3.05) is 20.2 Å². The lowest BCUT2D eigenvalue weighted by Gasteiger charge is -2.20. The summed E-state index contributed by atoms with van der Waals surface area (Å²) in [6.07, 6.45) is 2.29. The van der Waals surface area contributed by atoms with Crippen LogP contribution >= 0.6 is 11.6 Å². The highest BCUT2D eigenvalue weighted by Crippen LogP contribution is 2.39. The molecule has 0 aliphatic carbocycles. The third kappa shape index (κ3) is 3.46. The average Bonchev–Trinajstić information content (AvgIpc) is 3.13. The van der Waals surface area contributed by atoms with E-state index in [0.717, 1.165) is 30.5 Å². The van der Waals surface area contributed by atoms with Gasteiger partial charge in [-0.1, -0.05) is 17.7 Å². The molecule has 0 aromatic heterocycles. The third-order valence-corrected chi connectivity index (χ3v) is 6.22. The van der Waals surface area contributed by atoms with Crippen molar-refractivity contribution in [3.63, 3.8) is 0 Å². The lowest BCUT2D eigenvalue weighted by molar-refractivity contribution is 0.0726. The molecule has 0 saturated carbocycles. The quantitative estimate of drug-likeness (QED) is 0.829. The Balaban J connectivity index is 1.70. The molecule has 2 aliphatic rings. The van der Waals surface area contributed by atoms with Crippen LogP contribution in [0.1, 0.15) is 50.2 Å². The molecule has 2 aliphatic heterocycles. The van der Waals surface area contributed by atoms with E-state index in [1.165, 1.54) is 19.2 Å². The zero-order valence-corrected chi connectivity index (χ0v) is 17.1. The molecule has 1 fully saturated rings. The topological polar surface area (TPSA) is 58.6 Å². The first kappa shape index (κ1) is 19.7. The maximum absolute atomic E-state index is 14.3. The van der Waals surface area contributed by atoms with E-state index < -0.39 is 11.7 Å². The number of amides is 2. The largest absolute Gasteiger partial charge is 0.489 e. The standard InChI is InChI=1S/C22H22ClFN2O3/c1-12-14(8-13-5-6-16(18(24)9-13)21(27)25-2)10-17-20(19(12)23)29-11-15-4-3-7-26(15)22(17)28/h5-6,9-10,15H,3-4,7-8,11H2,1-2H3,(H,25,27). The maximum Gasteiger partial charge on any atom is 0.258 e. The lowest BCUT2D eigenvalue weighted by Crippen LogP contribution is -2.36. The van der Waals surface area contributed by atoms with Gasteiger partial charge in [0.1, 0.15) is 12.4 Å². The molecule has 2 amide bonds. The number of benzene rings is 2. The van der Waals surface area contributed by atoms with Gasteiger partial charge in [0.05, 0.1) is 22.2 Å². The van der Waals surface area contributed by atoms with E-state index in [1.54, 1.807) is 6.07 Å². The van der Waals surface area contributed by atoms with Crippen LogP contribution < -0.4 is 10.1 Å². The van der Waals surface area contributed by atoms with Crippen molar-refractivity contribution in [2.24, 2.45) is 0 Å². The van der Waals surface area contributed by atoms with Gasteiger partial charge < -0.3 is 15.0 Å². The summed E-state index contributed by atoms with van der Waals surface area (Å²) in [5.41, 5.74) is 2.78. The minimum Gasteiger partial charge on any atom is -0.489 e. The molecular formula is C22H22ClFN2O3. The summed E-state index contributed by atoms with van der Waals surface area (Å²) >= 11 is 6.57. The fourth-order valence-corrected chi connectivity index (χ4v) is 4.36. The summed E-state index contributed by atoms with van der Waals surface area (Å²) in [6.45, 7) is 3.04. The van der Waals surface area contributed by atoms with Crippen molar-refractivity contribution < 1.29 is 18.7 Å². The number of halogens is 2. The van der Waals surface area contributed by atoms with Gasteiger partial charge in [0.2, 0.25) is 0 Å². The second-order valence-corrected chi connectivity index (χ2v) is 7.91.